The number of anilines is 2. The monoisotopic (exact) mass is 380 g/mol. The van der Waals surface area contributed by atoms with Crippen molar-refractivity contribution in [3.8, 4) is 0 Å². The Morgan fingerprint density at radius 2 is 2.19 bits per heavy atom. The molecule has 8 heteroatoms. The fourth-order valence-electron chi connectivity index (χ4n) is 3.22. The van der Waals surface area contributed by atoms with E-state index < -0.39 is 0 Å². The van der Waals surface area contributed by atoms with Crippen LogP contribution in [-0.2, 0) is 6.42 Å². The van der Waals surface area contributed by atoms with E-state index in [9.17, 15) is 4.79 Å². The molecule has 1 saturated heterocycles. The molecule has 0 aliphatic carbocycles. The van der Waals surface area contributed by atoms with Crippen molar-refractivity contribution < 1.29 is 4.79 Å². The SMILES string of the molecule is CCc1nnc(Nc2cccc(C3CCCN3C(=O)c3ccccn3)n2)s1. The molecule has 4 heterocycles. The lowest BCUT2D eigenvalue weighted by Gasteiger charge is -2.24. The van der Waals surface area contributed by atoms with Crippen LogP contribution >= 0.6 is 11.3 Å². The first kappa shape index (κ1) is 17.5. The second-order valence-corrected chi connectivity index (χ2v) is 7.36. The van der Waals surface area contributed by atoms with E-state index in [1.54, 1.807) is 12.3 Å². The summed E-state index contributed by atoms with van der Waals surface area (Å²) in [6, 6.07) is 11.2. The predicted octanol–water partition coefficient (Wildman–Crippen LogP) is 3.61. The topological polar surface area (TPSA) is 83.9 Å². The molecule has 4 rings (SSSR count). The number of likely N-dealkylation sites (tertiary alicyclic amines) is 1. The van der Waals surface area contributed by atoms with E-state index >= 15 is 0 Å². The highest BCUT2D eigenvalue weighted by Crippen LogP contribution is 2.32. The summed E-state index contributed by atoms with van der Waals surface area (Å²) in [4.78, 5) is 23.6. The van der Waals surface area contributed by atoms with Crippen LogP contribution in [0.1, 0.15) is 47.0 Å². The first-order valence-corrected chi connectivity index (χ1v) is 9.84. The zero-order chi connectivity index (χ0) is 18.6. The largest absolute Gasteiger partial charge is 0.329 e. The van der Waals surface area contributed by atoms with Gasteiger partial charge in [-0.25, -0.2) is 4.98 Å². The van der Waals surface area contributed by atoms with Gasteiger partial charge >= 0.3 is 0 Å². The zero-order valence-electron chi connectivity index (χ0n) is 15.0. The van der Waals surface area contributed by atoms with Gasteiger partial charge in [-0.15, -0.1) is 10.2 Å². The minimum Gasteiger partial charge on any atom is -0.329 e. The van der Waals surface area contributed by atoms with Crippen molar-refractivity contribution in [1.29, 1.82) is 0 Å². The summed E-state index contributed by atoms with van der Waals surface area (Å²) in [6.07, 6.45) is 4.36. The number of amides is 1. The summed E-state index contributed by atoms with van der Waals surface area (Å²) in [5, 5.41) is 13.2. The average Bonchev–Trinajstić information content (AvgIpc) is 3.38. The minimum absolute atomic E-state index is 0.0399. The molecular formula is C19H20N6OS. The first-order valence-electron chi connectivity index (χ1n) is 9.03. The van der Waals surface area contributed by atoms with Gasteiger partial charge in [0.1, 0.15) is 16.5 Å². The highest BCUT2D eigenvalue weighted by molar-refractivity contribution is 7.15. The van der Waals surface area contributed by atoms with Gasteiger partial charge in [0.05, 0.1) is 11.7 Å². The molecule has 138 valence electrons. The Bertz CT molecular complexity index is 929. The molecule has 1 fully saturated rings. The van der Waals surface area contributed by atoms with Crippen LogP contribution in [0, 0.1) is 0 Å². The molecule has 0 aromatic carbocycles. The predicted molar refractivity (Wildman–Crippen MR) is 104 cm³/mol. The smallest absolute Gasteiger partial charge is 0.273 e. The molecule has 1 N–H and O–H groups in total. The van der Waals surface area contributed by atoms with Gasteiger partial charge in [-0.1, -0.05) is 30.4 Å². The lowest BCUT2D eigenvalue weighted by Crippen LogP contribution is -2.31. The van der Waals surface area contributed by atoms with Gasteiger partial charge in [-0.2, -0.15) is 0 Å². The van der Waals surface area contributed by atoms with Crippen molar-refractivity contribution in [3.63, 3.8) is 0 Å². The van der Waals surface area contributed by atoms with E-state index in [2.05, 4.69) is 27.4 Å². The summed E-state index contributed by atoms with van der Waals surface area (Å²) in [5.41, 5.74) is 1.35. The van der Waals surface area contributed by atoms with Crippen LogP contribution in [0.3, 0.4) is 0 Å². The molecule has 1 atom stereocenters. The summed E-state index contributed by atoms with van der Waals surface area (Å²) in [7, 11) is 0. The van der Waals surface area contributed by atoms with E-state index in [-0.39, 0.29) is 11.9 Å². The summed E-state index contributed by atoms with van der Waals surface area (Å²) in [6.45, 7) is 2.77. The quantitative estimate of drug-likeness (QED) is 0.728. The van der Waals surface area contributed by atoms with Gasteiger partial charge in [-0.05, 0) is 43.5 Å². The first-order chi connectivity index (χ1) is 13.2. The lowest BCUT2D eigenvalue weighted by atomic mass is 10.1. The fraction of sp³-hybridized carbons (Fsp3) is 0.316. The van der Waals surface area contributed by atoms with Crippen molar-refractivity contribution in [3.05, 3.63) is 59.0 Å². The highest BCUT2D eigenvalue weighted by Gasteiger charge is 2.32. The molecule has 3 aromatic heterocycles. The number of nitrogens with zero attached hydrogens (tertiary/aromatic N) is 5. The Hall–Kier alpha value is -2.87. The normalized spacial score (nSPS) is 16.5. The highest BCUT2D eigenvalue weighted by atomic mass is 32.1. The van der Waals surface area contributed by atoms with Gasteiger partial charge in [0.15, 0.2) is 0 Å². The molecule has 0 spiro atoms. The summed E-state index contributed by atoms with van der Waals surface area (Å²) in [5.74, 6) is 0.665. The van der Waals surface area contributed by atoms with Crippen molar-refractivity contribution in [1.82, 2.24) is 25.1 Å². The maximum Gasteiger partial charge on any atom is 0.273 e. The van der Waals surface area contributed by atoms with Crippen molar-refractivity contribution >= 4 is 28.2 Å². The average molecular weight is 380 g/mol. The van der Waals surface area contributed by atoms with Crippen LogP contribution in [0.5, 0.6) is 0 Å². The lowest BCUT2D eigenvalue weighted by molar-refractivity contribution is 0.0727. The Kier molecular flexibility index (Phi) is 5.06. The van der Waals surface area contributed by atoms with E-state index in [0.717, 1.165) is 41.6 Å². The third-order valence-electron chi connectivity index (χ3n) is 4.51. The Morgan fingerprint density at radius 1 is 1.26 bits per heavy atom. The second kappa shape index (κ2) is 7.79. The number of aromatic nitrogens is 4. The standard InChI is InChI=1S/C19H20N6OS/c1-2-17-23-24-19(27-17)22-16-10-5-8-13(21-16)15-9-6-12-25(15)18(26)14-7-3-4-11-20-14/h3-5,7-8,10-11,15H,2,6,9,12H2,1H3,(H,21,22,24). The fourth-order valence-corrected chi connectivity index (χ4v) is 3.90. The summed E-state index contributed by atoms with van der Waals surface area (Å²) < 4.78 is 0. The minimum atomic E-state index is -0.0463. The molecule has 0 saturated carbocycles. The number of hydrogen-bond acceptors (Lipinski definition) is 7. The van der Waals surface area contributed by atoms with E-state index in [1.807, 2.05) is 35.2 Å². The van der Waals surface area contributed by atoms with E-state index in [4.69, 9.17) is 4.98 Å². The van der Waals surface area contributed by atoms with Crippen molar-refractivity contribution in [2.24, 2.45) is 0 Å². The van der Waals surface area contributed by atoms with Crippen LogP contribution in [0.25, 0.3) is 0 Å². The van der Waals surface area contributed by atoms with Crippen LogP contribution in [-0.4, -0.2) is 37.5 Å². The van der Waals surface area contributed by atoms with Crippen molar-refractivity contribution in [2.45, 2.75) is 32.2 Å². The van der Waals surface area contributed by atoms with Gasteiger partial charge in [-0.3, -0.25) is 9.78 Å². The zero-order valence-corrected chi connectivity index (χ0v) is 15.8. The number of aryl methyl sites for hydroxylation is 1. The van der Waals surface area contributed by atoms with Crippen LogP contribution < -0.4 is 5.32 Å². The number of rotatable bonds is 5. The number of pyridine rings is 2. The Labute approximate surface area is 161 Å². The van der Waals surface area contributed by atoms with Gasteiger partial charge < -0.3 is 10.2 Å². The second-order valence-electron chi connectivity index (χ2n) is 6.30. The van der Waals surface area contributed by atoms with Gasteiger partial charge in [0.2, 0.25) is 5.13 Å². The van der Waals surface area contributed by atoms with Crippen molar-refractivity contribution in [2.75, 3.05) is 11.9 Å². The molecule has 27 heavy (non-hydrogen) atoms. The van der Waals surface area contributed by atoms with E-state index in [1.165, 1.54) is 11.3 Å². The molecule has 1 unspecified atom stereocenters. The van der Waals surface area contributed by atoms with Gasteiger partial charge in [0.25, 0.3) is 5.91 Å². The maximum absolute atomic E-state index is 12.8. The molecule has 1 aliphatic heterocycles. The maximum atomic E-state index is 12.8. The van der Waals surface area contributed by atoms with Crippen LogP contribution in [0.4, 0.5) is 10.9 Å². The molecule has 1 aliphatic rings. The molecular weight excluding hydrogens is 360 g/mol. The number of nitrogens with one attached hydrogen (secondary N) is 1. The molecule has 7 nitrogen and oxygen atoms in total. The van der Waals surface area contributed by atoms with E-state index in [0.29, 0.717) is 11.5 Å². The van der Waals surface area contributed by atoms with Gasteiger partial charge in [0, 0.05) is 12.7 Å². The van der Waals surface area contributed by atoms with Crippen LogP contribution in [0.2, 0.25) is 0 Å². The molecule has 1 amide bonds. The summed E-state index contributed by atoms with van der Waals surface area (Å²) >= 11 is 1.52. The molecule has 3 aromatic rings. The third-order valence-corrected chi connectivity index (χ3v) is 5.50. The number of hydrogen-bond donors (Lipinski definition) is 1. The van der Waals surface area contributed by atoms with Crippen LogP contribution in [0.15, 0.2) is 42.6 Å². The Balaban J connectivity index is 1.54. The Morgan fingerprint density at radius 3 is 2.96 bits per heavy atom. The molecule has 0 bridgehead atoms. The molecule has 0 radical (unpaired) electrons. The number of carbonyl (C=O) groups is 1. The number of carbonyl (C=O) groups excluding carboxylic acids is 1. The third kappa shape index (κ3) is 3.80.